The van der Waals surface area contributed by atoms with E-state index in [1.165, 1.54) is 12.1 Å². The van der Waals surface area contributed by atoms with Crippen LogP contribution in [-0.2, 0) is 38.9 Å². The van der Waals surface area contributed by atoms with Crippen molar-refractivity contribution < 1.29 is 42.0 Å². The molecule has 14 nitrogen and oxygen atoms in total. The van der Waals surface area contributed by atoms with Gasteiger partial charge in [-0.05, 0) is 59.4 Å². The van der Waals surface area contributed by atoms with Gasteiger partial charge in [0.15, 0.2) is 0 Å². The number of ether oxygens (including phenoxy) is 1. The van der Waals surface area contributed by atoms with Crippen molar-refractivity contribution in [1.29, 1.82) is 0 Å². The molecule has 0 fully saturated rings. The van der Waals surface area contributed by atoms with Gasteiger partial charge >= 0.3 is 11.7 Å². The van der Waals surface area contributed by atoms with Crippen LogP contribution in [0.5, 0.6) is 5.75 Å². The third-order valence-electron chi connectivity index (χ3n) is 7.54. The Morgan fingerprint density at radius 3 is 2.22 bits per heavy atom. The van der Waals surface area contributed by atoms with Crippen LogP contribution in [0.3, 0.4) is 0 Å². The van der Waals surface area contributed by atoms with Crippen molar-refractivity contribution in [2.75, 3.05) is 13.1 Å². The second-order valence-electron chi connectivity index (χ2n) is 11.7. The van der Waals surface area contributed by atoms with Gasteiger partial charge in [0.25, 0.3) is 5.69 Å². The Hall–Kier alpha value is -5.25. The number of nitro benzene ring substituents is 1. The quantitative estimate of drug-likeness (QED) is 0.0751. The lowest BCUT2D eigenvalue weighted by atomic mass is 10.0. The van der Waals surface area contributed by atoms with Crippen molar-refractivity contribution in [3.8, 4) is 5.75 Å². The Kier molecular flexibility index (Phi) is 12.1. The summed E-state index contributed by atoms with van der Waals surface area (Å²) in [6, 6.07) is 16.3. The van der Waals surface area contributed by atoms with Crippen molar-refractivity contribution in [2.45, 2.75) is 50.2 Å². The smallest absolute Gasteiger partial charge is 0.413 e. The van der Waals surface area contributed by atoms with Crippen LogP contribution in [0.4, 0.5) is 10.5 Å². The highest BCUT2D eigenvalue weighted by Gasteiger charge is 2.32. The fourth-order valence-corrected chi connectivity index (χ4v) is 6.82. The van der Waals surface area contributed by atoms with Crippen LogP contribution >= 0.6 is 0 Å². The number of aliphatic hydroxyl groups is 1. The summed E-state index contributed by atoms with van der Waals surface area (Å²) in [6.45, 7) is 3.08. The van der Waals surface area contributed by atoms with E-state index in [-0.39, 0.29) is 47.9 Å². The van der Waals surface area contributed by atoms with Crippen molar-refractivity contribution in [3.63, 3.8) is 0 Å². The molecule has 4 rings (SSSR count). The van der Waals surface area contributed by atoms with E-state index in [0.717, 1.165) is 28.6 Å². The van der Waals surface area contributed by atoms with Crippen molar-refractivity contribution in [1.82, 2.24) is 9.62 Å². The molecule has 1 heterocycles. The highest BCUT2D eigenvalue weighted by Crippen LogP contribution is 2.24. The second-order valence-corrected chi connectivity index (χ2v) is 13.6. The summed E-state index contributed by atoms with van der Waals surface area (Å²) in [4.78, 5) is 58.4. The number of aliphatic hydroxyl groups excluding tert-OH is 1. The first-order valence-corrected chi connectivity index (χ1v) is 16.7. The number of hydrogen-bond acceptors (Lipinski definition) is 11. The minimum absolute atomic E-state index is 0.00160. The summed E-state index contributed by atoms with van der Waals surface area (Å²) < 4.78 is 39.0. The molecular formula is C34H35N3O11S. The molecule has 1 amide bonds. The van der Waals surface area contributed by atoms with Gasteiger partial charge in [-0.1, -0.05) is 44.2 Å². The van der Waals surface area contributed by atoms with Crippen molar-refractivity contribution >= 4 is 45.3 Å². The molecular weight excluding hydrogens is 658 g/mol. The maximum atomic E-state index is 13.6. The number of non-ortho nitro benzene ring substituents is 1. The van der Waals surface area contributed by atoms with E-state index in [1.807, 2.05) is 0 Å². The third kappa shape index (κ3) is 9.43. The molecule has 4 aromatic rings. The molecule has 0 saturated heterocycles. The minimum atomic E-state index is -4.25. The zero-order chi connectivity index (χ0) is 35.7. The first-order valence-electron chi connectivity index (χ1n) is 15.2. The van der Waals surface area contributed by atoms with E-state index >= 15 is 0 Å². The molecule has 49 heavy (non-hydrogen) atoms. The molecule has 0 aliphatic heterocycles. The first-order chi connectivity index (χ1) is 23.3. The van der Waals surface area contributed by atoms with Gasteiger partial charge in [0.05, 0.1) is 22.0 Å². The third-order valence-corrected chi connectivity index (χ3v) is 9.39. The van der Waals surface area contributed by atoms with Gasteiger partial charge in [-0.2, -0.15) is 4.31 Å². The Morgan fingerprint density at radius 1 is 1.00 bits per heavy atom. The van der Waals surface area contributed by atoms with Gasteiger partial charge in [-0.15, -0.1) is 0 Å². The van der Waals surface area contributed by atoms with Gasteiger partial charge in [0, 0.05) is 43.5 Å². The van der Waals surface area contributed by atoms with E-state index < -0.39 is 51.1 Å². The van der Waals surface area contributed by atoms with Crippen molar-refractivity contribution in [3.05, 3.63) is 110 Å². The van der Waals surface area contributed by atoms with Gasteiger partial charge in [0.1, 0.15) is 18.2 Å². The standard InChI is InChI=1S/C34H35N3O11S/c1-22(2)20-36(49(45,46)28-10-8-27(9-11-28)37(43)44)21-30(40)29(16-23-6-4-3-5-7-23)35-34(42)48-32-19-26-17-24(12-14-38)25(13-15-39)18-31(26)47-33(32)41/h3-11,14-15,17-19,22,29-30,40H,12-13,16,20-21H2,1-2H3,(H,35,42)/t29-,30+/m0/s1. The largest absolute Gasteiger partial charge is 0.420 e. The Bertz CT molecular complexity index is 1980. The fourth-order valence-electron chi connectivity index (χ4n) is 5.20. The molecule has 0 unspecified atom stereocenters. The predicted octanol–water partition coefficient (Wildman–Crippen LogP) is 3.59. The summed E-state index contributed by atoms with van der Waals surface area (Å²) in [7, 11) is -4.25. The highest BCUT2D eigenvalue weighted by atomic mass is 32.2. The Balaban J connectivity index is 1.61. The van der Waals surface area contributed by atoms with E-state index in [9.17, 15) is 42.8 Å². The average Bonchev–Trinajstić information content (AvgIpc) is 3.05. The fraction of sp³-hybridized carbons (Fsp3) is 0.294. The molecule has 0 saturated carbocycles. The maximum Gasteiger partial charge on any atom is 0.413 e. The lowest BCUT2D eigenvalue weighted by Crippen LogP contribution is -2.51. The van der Waals surface area contributed by atoms with Crippen LogP contribution in [-0.4, -0.2) is 66.7 Å². The van der Waals surface area contributed by atoms with E-state index in [4.69, 9.17) is 9.15 Å². The summed E-state index contributed by atoms with van der Waals surface area (Å²) >= 11 is 0. The number of carbonyl (C=O) groups is 3. The highest BCUT2D eigenvalue weighted by molar-refractivity contribution is 7.89. The van der Waals surface area contributed by atoms with Crippen LogP contribution in [0.25, 0.3) is 11.0 Å². The number of aldehydes is 2. The van der Waals surface area contributed by atoms with Gasteiger partial charge in [-0.25, -0.2) is 18.0 Å². The normalized spacial score (nSPS) is 12.8. The summed E-state index contributed by atoms with van der Waals surface area (Å²) in [5, 5.41) is 25.4. The number of nitrogens with zero attached hydrogens (tertiary/aromatic N) is 2. The number of amides is 1. The Morgan fingerprint density at radius 2 is 1.63 bits per heavy atom. The lowest BCUT2D eigenvalue weighted by Gasteiger charge is -2.30. The number of hydrogen-bond donors (Lipinski definition) is 2. The Labute approximate surface area is 281 Å². The van der Waals surface area contributed by atoms with Crippen molar-refractivity contribution in [2.24, 2.45) is 5.92 Å². The van der Waals surface area contributed by atoms with Gasteiger partial charge in [0.2, 0.25) is 15.8 Å². The second kappa shape index (κ2) is 16.2. The molecule has 1 aromatic heterocycles. The molecule has 2 N–H and O–H groups in total. The molecule has 0 bridgehead atoms. The molecule has 0 spiro atoms. The van der Waals surface area contributed by atoms with Crippen LogP contribution in [0.1, 0.15) is 30.5 Å². The number of nitrogens with one attached hydrogen (secondary N) is 1. The van der Waals surface area contributed by atoms with E-state index in [1.54, 1.807) is 50.2 Å². The number of carbonyl (C=O) groups excluding carboxylic acids is 3. The van der Waals surface area contributed by atoms with E-state index in [2.05, 4.69) is 5.32 Å². The molecule has 0 radical (unpaired) electrons. The molecule has 0 aliphatic carbocycles. The minimum Gasteiger partial charge on any atom is -0.420 e. The zero-order valence-corrected chi connectivity index (χ0v) is 27.5. The van der Waals surface area contributed by atoms with Crippen LogP contribution in [0.15, 0.2) is 86.9 Å². The monoisotopic (exact) mass is 693 g/mol. The summed E-state index contributed by atoms with van der Waals surface area (Å²) in [5.74, 6) is -0.667. The SMILES string of the molecule is CC(C)CN(C[C@@H](O)[C@H](Cc1ccccc1)NC(=O)Oc1cc2cc(CC=O)c(CC=O)cc2oc1=O)S(=O)(=O)c1ccc([N+](=O)[O-])cc1. The number of rotatable bonds is 16. The van der Waals surface area contributed by atoms with Crippen LogP contribution < -0.4 is 15.7 Å². The molecule has 3 aromatic carbocycles. The summed E-state index contributed by atoms with van der Waals surface area (Å²) in [6.07, 6.45) is -1.26. The van der Waals surface area contributed by atoms with Crippen LogP contribution in [0, 0.1) is 16.0 Å². The molecule has 2 atom stereocenters. The topological polar surface area (TPSA) is 203 Å². The van der Waals surface area contributed by atoms with Gasteiger partial charge < -0.3 is 29.2 Å². The van der Waals surface area contributed by atoms with E-state index in [0.29, 0.717) is 34.6 Å². The average molecular weight is 694 g/mol. The maximum absolute atomic E-state index is 13.6. The number of benzene rings is 3. The zero-order valence-electron chi connectivity index (χ0n) is 26.7. The number of fused-ring (bicyclic) bond motifs is 1. The molecule has 15 heteroatoms. The lowest BCUT2D eigenvalue weighted by molar-refractivity contribution is -0.384. The number of sulfonamides is 1. The first kappa shape index (κ1) is 36.6. The predicted molar refractivity (Wildman–Crippen MR) is 178 cm³/mol. The summed E-state index contributed by atoms with van der Waals surface area (Å²) in [5.41, 5.74) is 0.550. The van der Waals surface area contributed by atoms with Crippen LogP contribution in [0.2, 0.25) is 0 Å². The number of nitro groups is 1. The molecule has 258 valence electrons. The van der Waals surface area contributed by atoms with Gasteiger partial charge in [-0.3, -0.25) is 10.1 Å². The molecule has 0 aliphatic rings.